The van der Waals surface area contributed by atoms with Gasteiger partial charge in [0.15, 0.2) is 0 Å². The monoisotopic (exact) mass is 296 g/mol. The van der Waals surface area contributed by atoms with Gasteiger partial charge in [0.05, 0.1) is 0 Å². The van der Waals surface area contributed by atoms with Gasteiger partial charge in [0.1, 0.15) is 35.4 Å². The van der Waals surface area contributed by atoms with Crippen molar-refractivity contribution in [2.24, 2.45) is 5.92 Å². The third-order valence-electron chi connectivity index (χ3n) is 3.45. The van der Waals surface area contributed by atoms with E-state index in [1.165, 1.54) is 0 Å². The van der Waals surface area contributed by atoms with Crippen LogP contribution in [0.5, 0.6) is 0 Å². The van der Waals surface area contributed by atoms with E-state index in [1.54, 1.807) is 24.3 Å². The van der Waals surface area contributed by atoms with Gasteiger partial charge in [0, 0.05) is 11.1 Å². The molecule has 0 spiro atoms. The fraction of sp³-hybridized carbons (Fsp3) is 0.158. The molecule has 1 aromatic rings. The maximum absolute atomic E-state index is 9.30. The lowest BCUT2D eigenvalue weighted by Crippen LogP contribution is -1.92. The van der Waals surface area contributed by atoms with Crippen LogP contribution in [0.2, 0.25) is 0 Å². The van der Waals surface area contributed by atoms with Crippen LogP contribution in [0, 0.1) is 51.2 Å². The average molecular weight is 296 g/mol. The van der Waals surface area contributed by atoms with Gasteiger partial charge in [0.2, 0.25) is 0 Å². The first-order valence-electron chi connectivity index (χ1n) is 7.00. The second-order valence-corrected chi connectivity index (χ2v) is 5.32. The number of hydrogen-bond acceptors (Lipinski definition) is 4. The second kappa shape index (κ2) is 6.44. The van der Waals surface area contributed by atoms with E-state index in [-0.39, 0.29) is 17.1 Å². The molecule has 1 aromatic carbocycles. The minimum absolute atomic E-state index is 0.0189. The standard InChI is InChI=1S/C19H12N4/c1-12(2)7-17-18(13(8-20)9-21)15-5-3-4-6-16(15)19(17)14(10-22)11-23/h3-7,12H,1-2H3. The molecule has 0 amide bonds. The van der Waals surface area contributed by atoms with Gasteiger partial charge in [0.25, 0.3) is 0 Å². The molecule has 0 radical (unpaired) electrons. The SMILES string of the molecule is CC(C)C=C1C(=C(C#N)C#N)c2ccccc2C1=C(C#N)C#N. The molecule has 0 bridgehead atoms. The number of benzene rings is 1. The van der Waals surface area contributed by atoms with Gasteiger partial charge in [-0.05, 0) is 22.6 Å². The fourth-order valence-corrected chi connectivity index (χ4v) is 2.65. The molecule has 23 heavy (non-hydrogen) atoms. The van der Waals surface area contributed by atoms with Gasteiger partial charge >= 0.3 is 0 Å². The van der Waals surface area contributed by atoms with Gasteiger partial charge in [-0.25, -0.2) is 0 Å². The van der Waals surface area contributed by atoms with E-state index in [0.717, 1.165) is 0 Å². The van der Waals surface area contributed by atoms with Gasteiger partial charge in [-0.1, -0.05) is 44.2 Å². The second-order valence-electron chi connectivity index (χ2n) is 5.32. The number of hydrogen-bond donors (Lipinski definition) is 0. The van der Waals surface area contributed by atoms with E-state index in [9.17, 15) is 21.0 Å². The highest BCUT2D eigenvalue weighted by molar-refractivity contribution is 6.12. The number of rotatable bonds is 1. The van der Waals surface area contributed by atoms with Gasteiger partial charge < -0.3 is 0 Å². The molecule has 0 aliphatic heterocycles. The zero-order valence-electron chi connectivity index (χ0n) is 12.8. The summed E-state index contributed by atoms with van der Waals surface area (Å²) in [6.07, 6.45) is 1.88. The molecule has 4 nitrogen and oxygen atoms in total. The molecule has 0 fully saturated rings. The molecule has 0 saturated carbocycles. The Bertz CT molecular complexity index is 826. The van der Waals surface area contributed by atoms with Crippen LogP contribution in [0.15, 0.2) is 47.1 Å². The van der Waals surface area contributed by atoms with Crippen molar-refractivity contribution in [3.05, 3.63) is 58.2 Å². The maximum Gasteiger partial charge on any atom is 0.138 e. The molecule has 0 aromatic heterocycles. The summed E-state index contributed by atoms with van der Waals surface area (Å²) < 4.78 is 0. The Morgan fingerprint density at radius 1 is 0.826 bits per heavy atom. The van der Waals surface area contributed by atoms with Gasteiger partial charge in [-0.15, -0.1) is 0 Å². The lowest BCUT2D eigenvalue weighted by atomic mass is 9.94. The Labute approximate surface area is 135 Å². The summed E-state index contributed by atoms with van der Waals surface area (Å²) in [7, 11) is 0. The lowest BCUT2D eigenvalue weighted by molar-refractivity contribution is 0.829. The Hall–Kier alpha value is -3.60. The van der Waals surface area contributed by atoms with E-state index in [0.29, 0.717) is 27.8 Å². The van der Waals surface area contributed by atoms with Crippen molar-refractivity contribution in [2.75, 3.05) is 0 Å². The van der Waals surface area contributed by atoms with Gasteiger partial charge in [-0.3, -0.25) is 0 Å². The Kier molecular flexibility index (Phi) is 4.42. The van der Waals surface area contributed by atoms with Crippen LogP contribution in [0.25, 0.3) is 11.1 Å². The summed E-state index contributed by atoms with van der Waals surface area (Å²) in [5.41, 5.74) is 2.97. The smallest absolute Gasteiger partial charge is 0.138 e. The fourth-order valence-electron chi connectivity index (χ4n) is 2.65. The zero-order chi connectivity index (χ0) is 17.0. The van der Waals surface area contributed by atoms with Crippen molar-refractivity contribution < 1.29 is 0 Å². The topological polar surface area (TPSA) is 95.2 Å². The van der Waals surface area contributed by atoms with E-state index in [2.05, 4.69) is 0 Å². The number of allylic oxidation sites excluding steroid dienone is 6. The average Bonchev–Trinajstić information content (AvgIpc) is 2.85. The molecule has 2 rings (SSSR count). The first-order chi connectivity index (χ1) is 11.1. The maximum atomic E-state index is 9.30. The minimum Gasteiger partial charge on any atom is -0.192 e. The van der Waals surface area contributed by atoms with Crippen molar-refractivity contribution in [3.8, 4) is 24.3 Å². The first kappa shape index (κ1) is 15.8. The third-order valence-corrected chi connectivity index (χ3v) is 3.45. The predicted octanol–water partition coefficient (Wildman–Crippen LogP) is 3.88. The van der Waals surface area contributed by atoms with E-state index in [4.69, 9.17) is 0 Å². The first-order valence-corrected chi connectivity index (χ1v) is 7.00. The minimum atomic E-state index is -0.0189. The number of nitrogens with zero attached hydrogens (tertiary/aromatic N) is 4. The molecule has 0 heterocycles. The highest BCUT2D eigenvalue weighted by Gasteiger charge is 2.31. The zero-order valence-corrected chi connectivity index (χ0v) is 12.8. The molecular formula is C19H12N4. The van der Waals surface area contributed by atoms with E-state index in [1.807, 2.05) is 44.2 Å². The predicted molar refractivity (Wildman–Crippen MR) is 85.7 cm³/mol. The molecule has 0 atom stereocenters. The van der Waals surface area contributed by atoms with Gasteiger partial charge in [-0.2, -0.15) is 21.0 Å². The summed E-state index contributed by atoms with van der Waals surface area (Å²) in [6.45, 7) is 3.92. The quantitative estimate of drug-likeness (QED) is 0.734. The van der Waals surface area contributed by atoms with Crippen LogP contribution in [-0.2, 0) is 0 Å². The van der Waals surface area contributed by atoms with Crippen molar-refractivity contribution >= 4 is 11.1 Å². The van der Waals surface area contributed by atoms with Crippen molar-refractivity contribution in [1.82, 2.24) is 0 Å². The van der Waals surface area contributed by atoms with Crippen molar-refractivity contribution in [1.29, 1.82) is 21.0 Å². The molecule has 0 N–H and O–H groups in total. The van der Waals surface area contributed by atoms with Crippen LogP contribution in [0.3, 0.4) is 0 Å². The molecule has 4 heteroatoms. The van der Waals surface area contributed by atoms with Crippen molar-refractivity contribution in [2.45, 2.75) is 13.8 Å². The summed E-state index contributed by atoms with van der Waals surface area (Å²) in [5.74, 6) is 0.126. The highest BCUT2D eigenvalue weighted by Crippen LogP contribution is 2.48. The van der Waals surface area contributed by atoms with Crippen LogP contribution >= 0.6 is 0 Å². The van der Waals surface area contributed by atoms with Crippen LogP contribution in [0.4, 0.5) is 0 Å². The summed E-state index contributed by atoms with van der Waals surface area (Å²) in [4.78, 5) is 0. The molecule has 0 unspecified atom stereocenters. The molecule has 1 aliphatic rings. The summed E-state index contributed by atoms with van der Waals surface area (Å²) in [5, 5.41) is 37.2. The number of nitriles is 4. The lowest BCUT2D eigenvalue weighted by Gasteiger charge is -2.07. The summed E-state index contributed by atoms with van der Waals surface area (Å²) in [6, 6.07) is 14.9. The molecule has 0 saturated heterocycles. The Balaban J connectivity index is 3.04. The summed E-state index contributed by atoms with van der Waals surface area (Å²) >= 11 is 0. The Morgan fingerprint density at radius 2 is 1.22 bits per heavy atom. The molecule has 108 valence electrons. The largest absolute Gasteiger partial charge is 0.192 e. The molecular weight excluding hydrogens is 284 g/mol. The highest BCUT2D eigenvalue weighted by atomic mass is 14.4. The Morgan fingerprint density at radius 3 is 1.52 bits per heavy atom. The van der Waals surface area contributed by atoms with Crippen LogP contribution in [-0.4, -0.2) is 0 Å². The van der Waals surface area contributed by atoms with E-state index < -0.39 is 0 Å². The van der Waals surface area contributed by atoms with Crippen molar-refractivity contribution in [3.63, 3.8) is 0 Å². The van der Waals surface area contributed by atoms with E-state index >= 15 is 0 Å². The van der Waals surface area contributed by atoms with Crippen LogP contribution in [0.1, 0.15) is 25.0 Å². The number of fused-ring (bicyclic) bond motifs is 1. The normalized spacial score (nSPS) is 11.9. The molecule has 1 aliphatic carbocycles. The van der Waals surface area contributed by atoms with Crippen LogP contribution < -0.4 is 0 Å². The third kappa shape index (κ3) is 2.63.